The Hall–Kier alpha value is -2.86. The number of aldehydes is 1. The summed E-state index contributed by atoms with van der Waals surface area (Å²) in [5.41, 5.74) is 2.60. The fourth-order valence-electron chi connectivity index (χ4n) is 2.44. The van der Waals surface area contributed by atoms with E-state index in [1.54, 1.807) is 49.8 Å². The summed E-state index contributed by atoms with van der Waals surface area (Å²) in [6.45, 7) is 6.16. The lowest BCUT2D eigenvalue weighted by atomic mass is 9.90. The molecule has 0 unspecified atom stereocenters. The number of imidazole rings is 1. The average molecular weight is 387 g/mol. The number of rotatable bonds is 6. The predicted octanol–water partition coefficient (Wildman–Crippen LogP) is 3.28. The molecule has 0 aliphatic heterocycles. The fourth-order valence-corrected chi connectivity index (χ4v) is 2.57. The van der Waals surface area contributed by atoms with Gasteiger partial charge in [-0.2, -0.15) is 0 Å². The number of H-pyrrole nitrogens is 1. The highest BCUT2D eigenvalue weighted by Gasteiger charge is 2.20. The van der Waals surface area contributed by atoms with Crippen LogP contribution in [-0.4, -0.2) is 29.2 Å². The van der Waals surface area contributed by atoms with Crippen LogP contribution in [0.15, 0.2) is 42.0 Å². The molecule has 142 valence electrons. The largest absolute Gasteiger partial charge is 0.384 e. The second kappa shape index (κ2) is 8.68. The molecule has 3 N–H and O–H groups in total. The minimum atomic E-state index is -0.437. The standard InChI is InChI=1S/C20H23ClN4O2/c1-20(2,3)18-16(23-12-24-18)10-17(22-4)19(27)25-15(11-26)9-13-5-7-14(21)8-6-13/h5-12,22H,1-4H3,(H,23,24)(H,25,27)/b15-9-,17-10-. The minimum Gasteiger partial charge on any atom is -0.384 e. The highest BCUT2D eigenvalue weighted by Crippen LogP contribution is 2.24. The summed E-state index contributed by atoms with van der Waals surface area (Å²) < 4.78 is 0. The van der Waals surface area contributed by atoms with Crippen molar-refractivity contribution in [1.29, 1.82) is 0 Å². The highest BCUT2D eigenvalue weighted by molar-refractivity contribution is 6.30. The van der Waals surface area contributed by atoms with Crippen LogP contribution in [0.5, 0.6) is 0 Å². The van der Waals surface area contributed by atoms with Gasteiger partial charge in [0.15, 0.2) is 6.29 Å². The number of hydrogen-bond donors (Lipinski definition) is 3. The molecule has 0 radical (unpaired) electrons. The zero-order valence-electron chi connectivity index (χ0n) is 15.8. The highest BCUT2D eigenvalue weighted by atomic mass is 35.5. The van der Waals surface area contributed by atoms with E-state index in [0.29, 0.717) is 17.0 Å². The van der Waals surface area contributed by atoms with Gasteiger partial charge in [0, 0.05) is 23.2 Å². The Morgan fingerprint density at radius 1 is 1.19 bits per heavy atom. The van der Waals surface area contributed by atoms with Crippen LogP contribution in [0, 0.1) is 0 Å². The van der Waals surface area contributed by atoms with Crippen molar-refractivity contribution < 1.29 is 9.59 Å². The van der Waals surface area contributed by atoms with Gasteiger partial charge >= 0.3 is 0 Å². The van der Waals surface area contributed by atoms with E-state index in [9.17, 15) is 9.59 Å². The Labute approximate surface area is 163 Å². The first-order valence-electron chi connectivity index (χ1n) is 8.41. The van der Waals surface area contributed by atoms with Crippen LogP contribution in [0.2, 0.25) is 5.02 Å². The number of nitrogens with one attached hydrogen (secondary N) is 3. The van der Waals surface area contributed by atoms with Gasteiger partial charge in [-0.25, -0.2) is 4.98 Å². The quantitative estimate of drug-likeness (QED) is 0.525. The van der Waals surface area contributed by atoms with Crippen molar-refractivity contribution in [3.05, 3.63) is 64.0 Å². The maximum Gasteiger partial charge on any atom is 0.271 e. The molecule has 2 rings (SSSR count). The maximum atomic E-state index is 12.6. The van der Waals surface area contributed by atoms with Crippen molar-refractivity contribution >= 4 is 35.9 Å². The van der Waals surface area contributed by atoms with Crippen molar-refractivity contribution in [2.75, 3.05) is 7.05 Å². The number of amides is 1. The van der Waals surface area contributed by atoms with Crippen LogP contribution >= 0.6 is 11.6 Å². The molecule has 0 atom stereocenters. The molecule has 7 heteroatoms. The molecule has 0 spiro atoms. The monoisotopic (exact) mass is 386 g/mol. The molecule has 1 aromatic carbocycles. The molecule has 0 aliphatic carbocycles. The van der Waals surface area contributed by atoms with Gasteiger partial charge in [-0.15, -0.1) is 0 Å². The number of hydrogen-bond acceptors (Lipinski definition) is 4. The van der Waals surface area contributed by atoms with Crippen LogP contribution in [0.4, 0.5) is 0 Å². The first kappa shape index (κ1) is 20.5. The summed E-state index contributed by atoms with van der Waals surface area (Å²) in [7, 11) is 1.64. The molecule has 1 heterocycles. The molecule has 0 aliphatic rings. The number of allylic oxidation sites excluding steroid dienone is 1. The van der Waals surface area contributed by atoms with Crippen molar-refractivity contribution in [3.8, 4) is 0 Å². The lowest BCUT2D eigenvalue weighted by Crippen LogP contribution is -2.30. The molecular formula is C20H23ClN4O2. The number of nitrogens with zero attached hydrogens (tertiary/aromatic N) is 1. The van der Waals surface area contributed by atoms with E-state index in [4.69, 9.17) is 11.6 Å². The van der Waals surface area contributed by atoms with Gasteiger partial charge in [0.2, 0.25) is 0 Å². The van der Waals surface area contributed by atoms with E-state index in [-0.39, 0.29) is 16.8 Å². The molecule has 0 fully saturated rings. The summed E-state index contributed by atoms with van der Waals surface area (Å²) >= 11 is 5.85. The lowest BCUT2D eigenvalue weighted by molar-refractivity contribution is -0.118. The van der Waals surface area contributed by atoms with Crippen molar-refractivity contribution in [2.45, 2.75) is 26.2 Å². The molecule has 1 aromatic heterocycles. The minimum absolute atomic E-state index is 0.140. The van der Waals surface area contributed by atoms with Gasteiger partial charge in [0.1, 0.15) is 5.70 Å². The Kier molecular flexibility index (Phi) is 6.58. The van der Waals surface area contributed by atoms with Crippen molar-refractivity contribution in [2.24, 2.45) is 0 Å². The van der Waals surface area contributed by atoms with E-state index in [0.717, 1.165) is 11.3 Å². The molecule has 6 nitrogen and oxygen atoms in total. The first-order valence-corrected chi connectivity index (χ1v) is 8.79. The van der Waals surface area contributed by atoms with E-state index >= 15 is 0 Å². The predicted molar refractivity (Wildman–Crippen MR) is 108 cm³/mol. The third-order valence-electron chi connectivity index (χ3n) is 3.79. The third kappa shape index (κ3) is 5.56. The zero-order valence-corrected chi connectivity index (χ0v) is 16.5. The van der Waals surface area contributed by atoms with E-state index in [1.165, 1.54) is 0 Å². The molecule has 0 saturated carbocycles. The second-order valence-corrected chi connectivity index (χ2v) is 7.38. The first-order chi connectivity index (χ1) is 12.7. The lowest BCUT2D eigenvalue weighted by Gasteiger charge is -2.17. The number of aromatic amines is 1. The molecular weight excluding hydrogens is 364 g/mol. The van der Waals surface area contributed by atoms with Crippen LogP contribution in [0.1, 0.15) is 37.7 Å². The molecule has 1 amide bonds. The van der Waals surface area contributed by atoms with Gasteiger partial charge in [-0.05, 0) is 29.8 Å². The van der Waals surface area contributed by atoms with Gasteiger partial charge in [-0.1, -0.05) is 44.5 Å². The maximum absolute atomic E-state index is 12.6. The fraction of sp³-hybridized carbons (Fsp3) is 0.250. The van der Waals surface area contributed by atoms with Gasteiger partial charge in [0.25, 0.3) is 5.91 Å². The number of carbonyl (C=O) groups is 2. The molecule has 0 saturated heterocycles. The Morgan fingerprint density at radius 2 is 1.85 bits per heavy atom. The summed E-state index contributed by atoms with van der Waals surface area (Å²) in [4.78, 5) is 31.3. The molecule has 27 heavy (non-hydrogen) atoms. The number of halogens is 1. The number of benzene rings is 1. The summed E-state index contributed by atoms with van der Waals surface area (Å²) in [6.07, 6.45) is 5.41. The topological polar surface area (TPSA) is 86.9 Å². The Morgan fingerprint density at radius 3 is 2.41 bits per heavy atom. The third-order valence-corrected chi connectivity index (χ3v) is 4.04. The smallest absolute Gasteiger partial charge is 0.271 e. The summed E-state index contributed by atoms with van der Waals surface area (Å²) in [5, 5.41) is 6.05. The summed E-state index contributed by atoms with van der Waals surface area (Å²) in [6, 6.07) is 6.93. The normalized spacial score (nSPS) is 12.6. The summed E-state index contributed by atoms with van der Waals surface area (Å²) in [5.74, 6) is -0.437. The number of aromatic nitrogens is 2. The van der Waals surface area contributed by atoms with Crippen molar-refractivity contribution in [1.82, 2.24) is 20.6 Å². The SMILES string of the molecule is CN/C(=C\c1nc[nH]c1C(C)(C)C)C(=O)N/C(C=O)=C\c1ccc(Cl)cc1. The molecule has 0 bridgehead atoms. The zero-order chi connectivity index (χ0) is 20.0. The van der Waals surface area contributed by atoms with E-state index in [2.05, 4.69) is 41.4 Å². The van der Waals surface area contributed by atoms with Crippen LogP contribution in [0.3, 0.4) is 0 Å². The van der Waals surface area contributed by atoms with Gasteiger partial charge in [-0.3, -0.25) is 9.59 Å². The molecule has 2 aromatic rings. The number of carbonyl (C=O) groups excluding carboxylic acids is 2. The van der Waals surface area contributed by atoms with Gasteiger partial charge < -0.3 is 15.6 Å². The van der Waals surface area contributed by atoms with Crippen LogP contribution < -0.4 is 10.6 Å². The van der Waals surface area contributed by atoms with Crippen LogP contribution in [0.25, 0.3) is 12.2 Å². The Bertz CT molecular complexity index is 874. The van der Waals surface area contributed by atoms with E-state index < -0.39 is 5.91 Å². The second-order valence-electron chi connectivity index (χ2n) is 6.94. The van der Waals surface area contributed by atoms with Crippen LogP contribution in [-0.2, 0) is 15.0 Å². The Balaban J connectivity index is 2.24. The van der Waals surface area contributed by atoms with Crippen molar-refractivity contribution in [3.63, 3.8) is 0 Å². The van der Waals surface area contributed by atoms with E-state index in [1.807, 2.05) is 0 Å². The van der Waals surface area contributed by atoms with Gasteiger partial charge in [0.05, 0.1) is 17.7 Å². The number of likely N-dealkylation sites (N-methyl/N-ethyl adjacent to an activating group) is 1. The average Bonchev–Trinajstić information content (AvgIpc) is 3.09.